The summed E-state index contributed by atoms with van der Waals surface area (Å²) < 4.78 is 1.62. The molecule has 84 valence electrons. The number of carbonyl (C=O) groups is 2. The Hall–Kier alpha value is -2.43. The average molecular weight is 222 g/mol. The maximum absolute atomic E-state index is 11.2. The van der Waals surface area contributed by atoms with Gasteiger partial charge in [-0.1, -0.05) is 0 Å². The van der Waals surface area contributed by atoms with E-state index >= 15 is 0 Å². The molecule has 0 saturated carbocycles. The fraction of sp³-hybridized carbons (Fsp3) is 0.375. The molecule has 2 amide bonds. The average Bonchev–Trinajstić information content (AvgIpc) is 2.68. The molecule has 1 aromatic heterocycles. The number of nitrogens with zero attached hydrogens (tertiary/aromatic N) is 4. The molecule has 0 aliphatic rings. The summed E-state index contributed by atoms with van der Waals surface area (Å²) in [6.07, 6.45) is 1.48. The number of aryl methyl sites for hydroxylation is 1. The van der Waals surface area contributed by atoms with Gasteiger partial charge in [-0.2, -0.15) is 5.26 Å². The monoisotopic (exact) mass is 222 g/mol. The van der Waals surface area contributed by atoms with E-state index in [1.807, 2.05) is 0 Å². The number of hydrogen-bond acceptors (Lipinski definition) is 5. The van der Waals surface area contributed by atoms with Crippen molar-refractivity contribution in [2.45, 2.75) is 6.54 Å². The summed E-state index contributed by atoms with van der Waals surface area (Å²) in [5.41, 5.74) is 0. The fourth-order valence-electron chi connectivity index (χ4n) is 0.907. The van der Waals surface area contributed by atoms with E-state index < -0.39 is 11.8 Å². The van der Waals surface area contributed by atoms with Crippen LogP contribution in [0, 0.1) is 11.3 Å². The molecule has 1 aromatic rings. The van der Waals surface area contributed by atoms with Crippen molar-refractivity contribution in [2.24, 2.45) is 7.05 Å². The van der Waals surface area contributed by atoms with Crippen molar-refractivity contribution in [1.29, 1.82) is 5.26 Å². The fourth-order valence-corrected chi connectivity index (χ4v) is 0.907. The van der Waals surface area contributed by atoms with Crippen LogP contribution in [-0.2, 0) is 23.2 Å². The normalized spacial score (nSPS) is 9.25. The Morgan fingerprint density at radius 2 is 2.19 bits per heavy atom. The highest BCUT2D eigenvalue weighted by atomic mass is 16.2. The van der Waals surface area contributed by atoms with Gasteiger partial charge in [-0.15, -0.1) is 10.2 Å². The molecule has 8 heteroatoms. The minimum absolute atomic E-state index is 0.106. The molecule has 0 aromatic carbocycles. The van der Waals surface area contributed by atoms with Gasteiger partial charge in [-0.3, -0.25) is 9.59 Å². The molecule has 0 saturated heterocycles. The summed E-state index contributed by atoms with van der Waals surface area (Å²) in [5.74, 6) is -1.12. The van der Waals surface area contributed by atoms with Crippen LogP contribution < -0.4 is 10.6 Å². The lowest BCUT2D eigenvalue weighted by Gasteiger charge is -2.03. The van der Waals surface area contributed by atoms with Gasteiger partial charge in [0.15, 0.2) is 5.82 Å². The number of nitriles is 1. The second kappa shape index (κ2) is 5.45. The number of nitrogens with one attached hydrogen (secondary N) is 2. The molecule has 0 atom stereocenters. The zero-order chi connectivity index (χ0) is 12.0. The number of amides is 2. The Labute approximate surface area is 91.3 Å². The molecule has 0 unspecified atom stereocenters. The van der Waals surface area contributed by atoms with Crippen molar-refractivity contribution in [2.75, 3.05) is 6.54 Å². The standard InChI is InChI=1S/C8H10N6O2/c1-14-5-12-13-6(14)4-11-8(16)7(15)10-3-2-9/h5H,3-4H2,1H3,(H,10,15)(H,11,16). The Bertz CT molecular complexity index is 432. The smallest absolute Gasteiger partial charge is 0.310 e. The molecule has 0 fully saturated rings. The van der Waals surface area contributed by atoms with E-state index in [0.29, 0.717) is 5.82 Å². The molecule has 1 rings (SSSR count). The van der Waals surface area contributed by atoms with E-state index in [1.165, 1.54) is 6.33 Å². The Morgan fingerprint density at radius 1 is 1.50 bits per heavy atom. The summed E-state index contributed by atoms with van der Waals surface area (Å²) >= 11 is 0. The van der Waals surface area contributed by atoms with E-state index in [2.05, 4.69) is 20.8 Å². The lowest BCUT2D eigenvalue weighted by Crippen LogP contribution is -2.40. The van der Waals surface area contributed by atoms with Gasteiger partial charge in [-0.25, -0.2) is 0 Å². The number of carbonyl (C=O) groups excluding carboxylic acids is 2. The number of aromatic nitrogens is 3. The van der Waals surface area contributed by atoms with E-state index in [4.69, 9.17) is 5.26 Å². The van der Waals surface area contributed by atoms with Gasteiger partial charge < -0.3 is 15.2 Å². The molecule has 8 nitrogen and oxygen atoms in total. The molecule has 0 radical (unpaired) electrons. The van der Waals surface area contributed by atoms with Crippen molar-refractivity contribution in [1.82, 2.24) is 25.4 Å². The van der Waals surface area contributed by atoms with Crippen LogP contribution in [0.1, 0.15) is 5.82 Å². The van der Waals surface area contributed by atoms with Crippen molar-refractivity contribution >= 4 is 11.8 Å². The lowest BCUT2D eigenvalue weighted by molar-refractivity contribution is -0.139. The second-order valence-corrected chi connectivity index (χ2v) is 2.88. The predicted molar refractivity (Wildman–Crippen MR) is 51.5 cm³/mol. The summed E-state index contributed by atoms with van der Waals surface area (Å²) in [7, 11) is 1.72. The number of hydrogen-bond donors (Lipinski definition) is 2. The number of rotatable bonds is 3. The third-order valence-electron chi connectivity index (χ3n) is 1.75. The molecule has 0 aliphatic heterocycles. The van der Waals surface area contributed by atoms with Crippen molar-refractivity contribution < 1.29 is 9.59 Å². The second-order valence-electron chi connectivity index (χ2n) is 2.88. The van der Waals surface area contributed by atoms with Crippen LogP contribution >= 0.6 is 0 Å². The zero-order valence-electron chi connectivity index (χ0n) is 8.60. The Morgan fingerprint density at radius 3 is 2.75 bits per heavy atom. The highest BCUT2D eigenvalue weighted by Gasteiger charge is 2.12. The van der Waals surface area contributed by atoms with Gasteiger partial charge in [-0.05, 0) is 0 Å². The summed E-state index contributed by atoms with van der Waals surface area (Å²) in [5, 5.41) is 20.0. The Kier molecular flexibility index (Phi) is 3.97. The molecular formula is C8H10N6O2. The van der Waals surface area contributed by atoms with Crippen LogP contribution in [0.5, 0.6) is 0 Å². The SMILES string of the molecule is Cn1cnnc1CNC(=O)C(=O)NCC#N. The quantitative estimate of drug-likeness (QED) is 0.457. The largest absolute Gasteiger partial charge is 0.341 e. The first-order valence-electron chi connectivity index (χ1n) is 4.41. The molecule has 16 heavy (non-hydrogen) atoms. The summed E-state index contributed by atoms with van der Waals surface area (Å²) in [4.78, 5) is 22.2. The summed E-state index contributed by atoms with van der Waals surface area (Å²) in [6.45, 7) is -0.0917. The lowest BCUT2D eigenvalue weighted by atomic mass is 10.5. The van der Waals surface area contributed by atoms with Crippen LogP contribution in [0.3, 0.4) is 0 Å². The van der Waals surface area contributed by atoms with Crippen LogP contribution in [0.25, 0.3) is 0 Å². The van der Waals surface area contributed by atoms with Crippen molar-refractivity contribution in [3.8, 4) is 6.07 Å². The van der Waals surface area contributed by atoms with E-state index in [1.54, 1.807) is 17.7 Å². The third kappa shape index (κ3) is 3.06. The minimum atomic E-state index is -0.844. The van der Waals surface area contributed by atoms with Gasteiger partial charge in [0, 0.05) is 7.05 Å². The van der Waals surface area contributed by atoms with Gasteiger partial charge in [0.2, 0.25) is 0 Å². The van der Waals surface area contributed by atoms with E-state index in [0.717, 1.165) is 0 Å². The third-order valence-corrected chi connectivity index (χ3v) is 1.75. The first-order valence-corrected chi connectivity index (χ1v) is 4.41. The van der Waals surface area contributed by atoms with Gasteiger partial charge in [0.1, 0.15) is 12.9 Å². The maximum Gasteiger partial charge on any atom is 0.310 e. The van der Waals surface area contributed by atoms with Crippen LogP contribution in [0.4, 0.5) is 0 Å². The topological polar surface area (TPSA) is 113 Å². The highest BCUT2D eigenvalue weighted by molar-refractivity contribution is 6.35. The molecule has 0 spiro atoms. The van der Waals surface area contributed by atoms with E-state index in [-0.39, 0.29) is 13.1 Å². The van der Waals surface area contributed by atoms with Crippen LogP contribution in [0.15, 0.2) is 6.33 Å². The maximum atomic E-state index is 11.2. The van der Waals surface area contributed by atoms with Crippen LogP contribution in [-0.4, -0.2) is 33.1 Å². The van der Waals surface area contributed by atoms with Gasteiger partial charge >= 0.3 is 11.8 Å². The highest BCUT2D eigenvalue weighted by Crippen LogP contribution is 1.89. The molecule has 1 heterocycles. The first kappa shape index (κ1) is 11.6. The van der Waals surface area contributed by atoms with Gasteiger partial charge in [0.25, 0.3) is 0 Å². The first-order chi connectivity index (χ1) is 7.65. The molecular weight excluding hydrogens is 212 g/mol. The van der Waals surface area contributed by atoms with Crippen molar-refractivity contribution in [3.05, 3.63) is 12.2 Å². The summed E-state index contributed by atoms with van der Waals surface area (Å²) in [6, 6.07) is 1.69. The molecule has 2 N–H and O–H groups in total. The van der Waals surface area contributed by atoms with Gasteiger partial charge in [0.05, 0.1) is 12.6 Å². The molecule has 0 aliphatic carbocycles. The Balaban J connectivity index is 2.39. The van der Waals surface area contributed by atoms with Crippen molar-refractivity contribution in [3.63, 3.8) is 0 Å². The predicted octanol–water partition coefficient (Wildman–Crippen LogP) is -1.93. The van der Waals surface area contributed by atoms with Crippen LogP contribution in [0.2, 0.25) is 0 Å². The minimum Gasteiger partial charge on any atom is -0.341 e. The van der Waals surface area contributed by atoms with E-state index in [9.17, 15) is 9.59 Å². The zero-order valence-corrected chi connectivity index (χ0v) is 8.60. The molecule has 0 bridgehead atoms.